The van der Waals surface area contributed by atoms with Crippen molar-refractivity contribution in [3.63, 3.8) is 0 Å². The fourth-order valence-electron chi connectivity index (χ4n) is 2.49. The summed E-state index contributed by atoms with van der Waals surface area (Å²) in [4.78, 5) is 14.0. The maximum absolute atomic E-state index is 11.9. The summed E-state index contributed by atoms with van der Waals surface area (Å²) in [5.41, 5.74) is 0. The van der Waals surface area contributed by atoms with Crippen molar-refractivity contribution >= 4 is 5.91 Å². The number of likely N-dealkylation sites (tertiary alicyclic amines) is 1. The molecule has 0 aromatic carbocycles. The smallest absolute Gasteiger partial charge is 0.222 e. The van der Waals surface area contributed by atoms with E-state index in [-0.39, 0.29) is 0 Å². The molecule has 3 heteroatoms. The van der Waals surface area contributed by atoms with Crippen LogP contribution < -0.4 is 0 Å². The highest BCUT2D eigenvalue weighted by Gasteiger charge is 2.25. The summed E-state index contributed by atoms with van der Waals surface area (Å²) >= 11 is 0. The number of ether oxygens (including phenoxy) is 1. The lowest BCUT2D eigenvalue weighted by atomic mass is 9.96. The summed E-state index contributed by atoms with van der Waals surface area (Å²) in [7, 11) is 0. The largest absolute Gasteiger partial charge is 0.381 e. The summed E-state index contributed by atoms with van der Waals surface area (Å²) < 4.78 is 5.30. The number of hydrogen-bond acceptors (Lipinski definition) is 2. The second-order valence-corrected chi connectivity index (χ2v) is 4.99. The highest BCUT2D eigenvalue weighted by Crippen LogP contribution is 2.22. The zero-order chi connectivity index (χ0) is 10.7. The van der Waals surface area contributed by atoms with Gasteiger partial charge in [0.25, 0.3) is 0 Å². The Bertz CT molecular complexity index is 224. The van der Waals surface area contributed by atoms with Gasteiger partial charge in [0.1, 0.15) is 0 Å². The van der Waals surface area contributed by atoms with E-state index in [1.54, 1.807) is 0 Å². The van der Waals surface area contributed by atoms with Gasteiger partial charge >= 0.3 is 0 Å². The van der Waals surface area contributed by atoms with Gasteiger partial charge in [0.15, 0.2) is 0 Å². The summed E-state index contributed by atoms with van der Waals surface area (Å²) in [5.74, 6) is 1.64. The predicted molar refractivity (Wildman–Crippen MR) is 58.5 cm³/mol. The van der Waals surface area contributed by atoms with Gasteiger partial charge in [0.2, 0.25) is 5.91 Å². The standard InChI is InChI=1S/C12H21NO2/c1-10-2-5-13(9-10)12(14)8-11-3-6-15-7-4-11/h10-11H,2-9H2,1H3/t10-/m1/s1. The van der Waals surface area contributed by atoms with E-state index in [0.29, 0.717) is 17.7 Å². The number of nitrogens with zero attached hydrogens (tertiary/aromatic N) is 1. The molecule has 0 aromatic rings. The molecule has 0 spiro atoms. The van der Waals surface area contributed by atoms with Crippen molar-refractivity contribution in [1.29, 1.82) is 0 Å². The summed E-state index contributed by atoms with van der Waals surface area (Å²) in [5, 5.41) is 0. The van der Waals surface area contributed by atoms with Crippen molar-refractivity contribution in [2.45, 2.75) is 32.6 Å². The van der Waals surface area contributed by atoms with E-state index in [9.17, 15) is 4.79 Å². The Labute approximate surface area is 91.8 Å². The van der Waals surface area contributed by atoms with Crippen molar-refractivity contribution < 1.29 is 9.53 Å². The van der Waals surface area contributed by atoms with Crippen molar-refractivity contribution in [3.05, 3.63) is 0 Å². The van der Waals surface area contributed by atoms with Crippen LogP contribution in [0, 0.1) is 11.8 Å². The minimum Gasteiger partial charge on any atom is -0.381 e. The van der Waals surface area contributed by atoms with E-state index in [1.165, 1.54) is 6.42 Å². The van der Waals surface area contributed by atoms with Crippen LogP contribution in [0.2, 0.25) is 0 Å². The first-order valence-electron chi connectivity index (χ1n) is 6.11. The second kappa shape index (κ2) is 4.97. The zero-order valence-corrected chi connectivity index (χ0v) is 9.58. The summed E-state index contributed by atoms with van der Waals surface area (Å²) in [6, 6.07) is 0. The molecule has 0 saturated carbocycles. The minimum absolute atomic E-state index is 0.367. The molecule has 86 valence electrons. The normalized spacial score (nSPS) is 28.3. The van der Waals surface area contributed by atoms with Gasteiger partial charge in [-0.25, -0.2) is 0 Å². The Morgan fingerprint density at radius 3 is 2.67 bits per heavy atom. The van der Waals surface area contributed by atoms with Crippen LogP contribution in [-0.4, -0.2) is 37.1 Å². The third-order valence-electron chi connectivity index (χ3n) is 3.58. The molecule has 15 heavy (non-hydrogen) atoms. The molecule has 3 nitrogen and oxygen atoms in total. The number of rotatable bonds is 2. The van der Waals surface area contributed by atoms with Crippen LogP contribution >= 0.6 is 0 Å². The average Bonchev–Trinajstić information content (AvgIpc) is 2.66. The van der Waals surface area contributed by atoms with Crippen LogP contribution in [0.25, 0.3) is 0 Å². The molecule has 2 heterocycles. The van der Waals surface area contributed by atoms with Crippen molar-refractivity contribution in [2.24, 2.45) is 11.8 Å². The molecule has 0 unspecified atom stereocenters. The van der Waals surface area contributed by atoms with E-state index >= 15 is 0 Å². The zero-order valence-electron chi connectivity index (χ0n) is 9.58. The molecular weight excluding hydrogens is 190 g/mol. The van der Waals surface area contributed by atoms with Crippen molar-refractivity contribution in [1.82, 2.24) is 4.90 Å². The van der Waals surface area contributed by atoms with Crippen LogP contribution in [-0.2, 0) is 9.53 Å². The summed E-state index contributed by atoms with van der Waals surface area (Å²) in [6.07, 6.45) is 4.06. The van der Waals surface area contributed by atoms with Crippen molar-refractivity contribution in [2.75, 3.05) is 26.3 Å². The fraction of sp³-hybridized carbons (Fsp3) is 0.917. The van der Waals surface area contributed by atoms with Gasteiger partial charge in [-0.3, -0.25) is 4.79 Å². The lowest BCUT2D eigenvalue weighted by Crippen LogP contribution is -2.31. The van der Waals surface area contributed by atoms with E-state index in [1.807, 2.05) is 4.90 Å². The van der Waals surface area contributed by atoms with Crippen molar-refractivity contribution in [3.8, 4) is 0 Å². The lowest BCUT2D eigenvalue weighted by Gasteiger charge is -2.24. The first-order chi connectivity index (χ1) is 7.25. The third-order valence-corrected chi connectivity index (χ3v) is 3.58. The third kappa shape index (κ3) is 2.94. The Balaban J connectivity index is 1.76. The molecule has 0 aromatic heterocycles. The molecule has 1 amide bonds. The van der Waals surface area contributed by atoms with Crippen LogP contribution in [0.3, 0.4) is 0 Å². The van der Waals surface area contributed by atoms with Gasteiger partial charge in [-0.05, 0) is 31.1 Å². The fourth-order valence-corrected chi connectivity index (χ4v) is 2.49. The number of carbonyl (C=O) groups excluding carboxylic acids is 1. The molecule has 2 aliphatic rings. The SMILES string of the molecule is C[C@@H]1CCN(C(=O)CC2CCOCC2)C1. The molecule has 0 aliphatic carbocycles. The Kier molecular flexibility index (Phi) is 3.62. The maximum atomic E-state index is 11.9. The van der Waals surface area contributed by atoms with E-state index in [4.69, 9.17) is 4.74 Å². The first kappa shape index (κ1) is 10.9. The number of amides is 1. The first-order valence-corrected chi connectivity index (χ1v) is 6.11. The Morgan fingerprint density at radius 2 is 2.07 bits per heavy atom. The molecule has 1 atom stereocenters. The number of hydrogen-bond donors (Lipinski definition) is 0. The maximum Gasteiger partial charge on any atom is 0.222 e. The molecule has 2 saturated heterocycles. The van der Waals surface area contributed by atoms with Gasteiger partial charge in [-0.2, -0.15) is 0 Å². The van der Waals surface area contributed by atoms with Gasteiger partial charge in [0.05, 0.1) is 0 Å². The Morgan fingerprint density at radius 1 is 1.33 bits per heavy atom. The monoisotopic (exact) mass is 211 g/mol. The highest BCUT2D eigenvalue weighted by atomic mass is 16.5. The molecule has 0 bridgehead atoms. The van der Waals surface area contributed by atoms with Crippen LogP contribution in [0.15, 0.2) is 0 Å². The average molecular weight is 211 g/mol. The van der Waals surface area contributed by atoms with E-state index in [2.05, 4.69) is 6.92 Å². The molecule has 0 radical (unpaired) electrons. The molecule has 2 aliphatic heterocycles. The van der Waals surface area contributed by atoms with E-state index < -0.39 is 0 Å². The minimum atomic E-state index is 0.367. The molecule has 0 N–H and O–H groups in total. The molecule has 2 fully saturated rings. The molecular formula is C12H21NO2. The molecule has 2 rings (SSSR count). The number of carbonyl (C=O) groups is 1. The lowest BCUT2D eigenvalue weighted by molar-refractivity contribution is -0.131. The van der Waals surface area contributed by atoms with Crippen LogP contribution in [0.5, 0.6) is 0 Å². The quantitative estimate of drug-likeness (QED) is 0.695. The predicted octanol–water partition coefficient (Wildman–Crippen LogP) is 1.67. The Hall–Kier alpha value is -0.570. The van der Waals surface area contributed by atoms with E-state index in [0.717, 1.165) is 45.6 Å². The second-order valence-electron chi connectivity index (χ2n) is 4.99. The van der Waals surface area contributed by atoms with Gasteiger partial charge in [-0.15, -0.1) is 0 Å². The van der Waals surface area contributed by atoms with Gasteiger partial charge < -0.3 is 9.64 Å². The topological polar surface area (TPSA) is 29.5 Å². The van der Waals surface area contributed by atoms with Gasteiger partial charge in [-0.1, -0.05) is 6.92 Å². The van der Waals surface area contributed by atoms with Gasteiger partial charge in [0, 0.05) is 32.7 Å². The van der Waals surface area contributed by atoms with Crippen LogP contribution in [0.4, 0.5) is 0 Å². The summed E-state index contributed by atoms with van der Waals surface area (Å²) in [6.45, 7) is 5.86. The highest BCUT2D eigenvalue weighted by molar-refractivity contribution is 5.76. The van der Waals surface area contributed by atoms with Crippen LogP contribution in [0.1, 0.15) is 32.6 Å².